The van der Waals surface area contributed by atoms with Crippen molar-refractivity contribution in [2.24, 2.45) is 0 Å². The van der Waals surface area contributed by atoms with Crippen LogP contribution in [-0.2, 0) is 0 Å². The zero-order valence-electron chi connectivity index (χ0n) is 17.8. The zero-order valence-corrected chi connectivity index (χ0v) is 18.5. The van der Waals surface area contributed by atoms with E-state index in [-0.39, 0.29) is 5.91 Å². The number of hydrogen-bond acceptors (Lipinski definition) is 3. The van der Waals surface area contributed by atoms with E-state index in [1.54, 1.807) is 4.68 Å². The molecule has 1 aromatic carbocycles. The molecule has 1 N–H and O–H groups in total. The summed E-state index contributed by atoms with van der Waals surface area (Å²) in [5, 5.41) is 9.27. The van der Waals surface area contributed by atoms with Crippen molar-refractivity contribution in [1.29, 1.82) is 0 Å². The van der Waals surface area contributed by atoms with Crippen molar-refractivity contribution in [1.82, 2.24) is 20.1 Å². The molecule has 0 radical (unpaired) electrons. The molecule has 4 rings (SSSR count). The second-order valence-electron chi connectivity index (χ2n) is 8.01. The quantitative estimate of drug-likeness (QED) is 0.543. The average Bonchev–Trinajstić information content (AvgIpc) is 3.06. The number of aromatic nitrogens is 3. The lowest BCUT2D eigenvalue weighted by atomic mass is 9.97. The van der Waals surface area contributed by atoms with Gasteiger partial charge >= 0.3 is 0 Å². The van der Waals surface area contributed by atoms with E-state index < -0.39 is 0 Å². The fourth-order valence-electron chi connectivity index (χ4n) is 4.15. The van der Waals surface area contributed by atoms with Gasteiger partial charge in [-0.3, -0.25) is 4.79 Å². The summed E-state index contributed by atoms with van der Waals surface area (Å²) >= 11 is 6.33. The smallest absolute Gasteiger partial charge is 0.252 e. The summed E-state index contributed by atoms with van der Waals surface area (Å²) < 4.78 is 1.79. The summed E-state index contributed by atoms with van der Waals surface area (Å²) in [6.07, 6.45) is 8.09. The van der Waals surface area contributed by atoms with Crippen LogP contribution in [0.5, 0.6) is 0 Å². The maximum absolute atomic E-state index is 13.1. The molecule has 0 fully saturated rings. The Morgan fingerprint density at radius 1 is 1.23 bits per heavy atom. The molecule has 0 unspecified atom stereocenters. The first kappa shape index (κ1) is 20.6. The van der Waals surface area contributed by atoms with E-state index >= 15 is 0 Å². The van der Waals surface area contributed by atoms with Gasteiger partial charge in [0.1, 0.15) is 0 Å². The number of hydrogen-bond donors (Lipinski definition) is 1. The van der Waals surface area contributed by atoms with Gasteiger partial charge in [-0.1, -0.05) is 29.3 Å². The lowest BCUT2D eigenvalue weighted by molar-refractivity contribution is 0.0955. The van der Waals surface area contributed by atoms with E-state index in [4.69, 9.17) is 21.7 Å². The lowest BCUT2D eigenvalue weighted by Gasteiger charge is -2.13. The standard InChI is InChI=1S/C24H27ClN4O/c1-15-14-19(24(30)26-13-12-18-8-5-4-6-9-18)22-17(3)28-29(23(22)27-15)21-11-7-10-20(25)16(21)2/h7-8,10-11,14H,4-6,9,12-13H2,1-3H3,(H,26,30). The Kier molecular flexibility index (Phi) is 5.91. The van der Waals surface area contributed by atoms with Gasteiger partial charge < -0.3 is 5.32 Å². The number of fused-ring (bicyclic) bond motifs is 1. The fourth-order valence-corrected chi connectivity index (χ4v) is 4.32. The molecule has 156 valence electrons. The van der Waals surface area contributed by atoms with Gasteiger partial charge in [-0.05, 0) is 76.6 Å². The number of benzene rings is 1. The molecule has 0 saturated heterocycles. The van der Waals surface area contributed by atoms with E-state index in [1.807, 2.05) is 45.0 Å². The van der Waals surface area contributed by atoms with Crippen LogP contribution in [0.25, 0.3) is 16.7 Å². The van der Waals surface area contributed by atoms with Crippen molar-refractivity contribution >= 4 is 28.5 Å². The fraction of sp³-hybridized carbons (Fsp3) is 0.375. The second-order valence-corrected chi connectivity index (χ2v) is 8.41. The maximum atomic E-state index is 13.1. The van der Waals surface area contributed by atoms with E-state index in [2.05, 4.69) is 11.4 Å². The van der Waals surface area contributed by atoms with Crippen LogP contribution in [0, 0.1) is 20.8 Å². The minimum Gasteiger partial charge on any atom is -0.352 e. The molecule has 30 heavy (non-hydrogen) atoms. The number of pyridine rings is 1. The number of nitrogens with zero attached hydrogens (tertiary/aromatic N) is 3. The van der Waals surface area contributed by atoms with Crippen molar-refractivity contribution in [2.45, 2.75) is 52.9 Å². The average molecular weight is 423 g/mol. The van der Waals surface area contributed by atoms with Crippen molar-refractivity contribution in [3.05, 3.63) is 63.5 Å². The monoisotopic (exact) mass is 422 g/mol. The molecular weight excluding hydrogens is 396 g/mol. The SMILES string of the molecule is Cc1cc(C(=O)NCCC2=CCCCC2)c2c(C)nn(-c3cccc(Cl)c3C)c2n1. The highest BCUT2D eigenvalue weighted by molar-refractivity contribution is 6.31. The van der Waals surface area contributed by atoms with Gasteiger partial charge in [-0.2, -0.15) is 5.10 Å². The Hall–Kier alpha value is -2.66. The molecule has 5 nitrogen and oxygen atoms in total. The van der Waals surface area contributed by atoms with Crippen molar-refractivity contribution in [3.63, 3.8) is 0 Å². The first-order chi connectivity index (χ1) is 14.5. The molecule has 0 saturated carbocycles. The molecule has 0 aliphatic heterocycles. The summed E-state index contributed by atoms with van der Waals surface area (Å²) in [5.74, 6) is -0.0765. The number of carbonyl (C=O) groups excluding carboxylic acids is 1. The van der Waals surface area contributed by atoms with Gasteiger partial charge in [-0.15, -0.1) is 0 Å². The third kappa shape index (κ3) is 3.99. The zero-order chi connectivity index (χ0) is 21.3. The molecule has 1 amide bonds. The first-order valence-electron chi connectivity index (χ1n) is 10.5. The Balaban J connectivity index is 1.67. The highest BCUT2D eigenvalue weighted by atomic mass is 35.5. The van der Waals surface area contributed by atoms with Crippen LogP contribution in [0.3, 0.4) is 0 Å². The third-order valence-corrected chi connectivity index (χ3v) is 6.18. The highest BCUT2D eigenvalue weighted by Gasteiger charge is 2.20. The number of carbonyl (C=O) groups is 1. The predicted molar refractivity (Wildman–Crippen MR) is 122 cm³/mol. The third-order valence-electron chi connectivity index (χ3n) is 5.77. The molecule has 2 aromatic heterocycles. The van der Waals surface area contributed by atoms with E-state index in [9.17, 15) is 4.79 Å². The van der Waals surface area contributed by atoms with Gasteiger partial charge in [0, 0.05) is 17.3 Å². The summed E-state index contributed by atoms with van der Waals surface area (Å²) in [6.45, 7) is 6.43. The molecule has 6 heteroatoms. The second kappa shape index (κ2) is 8.60. The summed E-state index contributed by atoms with van der Waals surface area (Å²) in [4.78, 5) is 17.8. The summed E-state index contributed by atoms with van der Waals surface area (Å²) in [5.41, 5.74) is 6.11. The van der Waals surface area contributed by atoms with E-state index in [0.717, 1.165) is 47.3 Å². The molecule has 1 aliphatic rings. The molecule has 2 heterocycles. The van der Waals surface area contributed by atoms with E-state index in [0.29, 0.717) is 22.8 Å². The summed E-state index contributed by atoms with van der Waals surface area (Å²) in [6, 6.07) is 7.57. The van der Waals surface area contributed by atoms with Crippen LogP contribution in [0.2, 0.25) is 5.02 Å². The molecule has 0 atom stereocenters. The van der Waals surface area contributed by atoms with Crippen LogP contribution < -0.4 is 5.32 Å². The normalized spacial score (nSPS) is 14.1. The molecule has 0 bridgehead atoms. The van der Waals surface area contributed by atoms with Gasteiger partial charge in [-0.25, -0.2) is 9.67 Å². The van der Waals surface area contributed by atoms with Crippen LogP contribution in [0.1, 0.15) is 59.4 Å². The number of amides is 1. The molecule has 3 aromatic rings. The van der Waals surface area contributed by atoms with Crippen molar-refractivity contribution in [3.8, 4) is 5.69 Å². The van der Waals surface area contributed by atoms with Crippen LogP contribution in [0.15, 0.2) is 35.9 Å². The van der Waals surface area contributed by atoms with E-state index in [1.165, 1.54) is 18.4 Å². The Labute approximate surface area is 182 Å². The number of halogens is 1. The minimum absolute atomic E-state index is 0.0765. The topological polar surface area (TPSA) is 59.8 Å². The molecular formula is C24H27ClN4O. The number of allylic oxidation sites excluding steroid dienone is 1. The van der Waals surface area contributed by atoms with Gasteiger partial charge in [0.05, 0.1) is 22.3 Å². The maximum Gasteiger partial charge on any atom is 0.252 e. The van der Waals surface area contributed by atoms with Gasteiger partial charge in [0.25, 0.3) is 5.91 Å². The van der Waals surface area contributed by atoms with Gasteiger partial charge in [0.15, 0.2) is 5.65 Å². The van der Waals surface area contributed by atoms with Crippen LogP contribution >= 0.6 is 11.6 Å². The van der Waals surface area contributed by atoms with Crippen LogP contribution in [0.4, 0.5) is 0 Å². The van der Waals surface area contributed by atoms with Gasteiger partial charge in [0.2, 0.25) is 0 Å². The van der Waals surface area contributed by atoms with Crippen molar-refractivity contribution in [2.75, 3.05) is 6.54 Å². The molecule has 1 aliphatic carbocycles. The minimum atomic E-state index is -0.0765. The first-order valence-corrected chi connectivity index (χ1v) is 10.9. The number of rotatable bonds is 5. The predicted octanol–water partition coefficient (Wildman–Crippen LogP) is 5.62. The lowest BCUT2D eigenvalue weighted by Crippen LogP contribution is -2.25. The van der Waals surface area contributed by atoms with Crippen LogP contribution in [-0.4, -0.2) is 27.2 Å². The molecule has 0 spiro atoms. The summed E-state index contributed by atoms with van der Waals surface area (Å²) in [7, 11) is 0. The highest BCUT2D eigenvalue weighted by Crippen LogP contribution is 2.28. The number of aryl methyl sites for hydroxylation is 2. The number of nitrogens with one attached hydrogen (secondary N) is 1. The largest absolute Gasteiger partial charge is 0.352 e. The van der Waals surface area contributed by atoms with Crippen molar-refractivity contribution < 1.29 is 4.79 Å². The Morgan fingerprint density at radius 2 is 2.07 bits per heavy atom. The Bertz CT molecular complexity index is 1150. The Morgan fingerprint density at radius 3 is 2.83 bits per heavy atom.